The molecule has 4 nitrogen and oxygen atoms in total. The van der Waals surface area contributed by atoms with Gasteiger partial charge in [-0.1, -0.05) is 38.1 Å². The van der Waals surface area contributed by atoms with Gasteiger partial charge in [0.05, 0.1) is 22.6 Å². The number of halogens is 1. The molecule has 23 heavy (non-hydrogen) atoms. The fraction of sp³-hybridized carbons (Fsp3) is 0.222. The Morgan fingerprint density at radius 3 is 2.43 bits per heavy atom. The number of rotatable bonds is 3. The second-order valence-corrected chi connectivity index (χ2v) is 6.70. The molecular formula is C18H18BrN3O. The monoisotopic (exact) mass is 371 g/mol. The minimum atomic E-state index is -0.328. The van der Waals surface area contributed by atoms with Crippen LogP contribution in [-0.4, -0.2) is 9.55 Å². The minimum absolute atomic E-state index is 0.111. The van der Waals surface area contributed by atoms with E-state index in [0.717, 1.165) is 10.2 Å². The van der Waals surface area contributed by atoms with E-state index in [9.17, 15) is 4.79 Å². The van der Waals surface area contributed by atoms with Crippen LogP contribution in [0.3, 0.4) is 0 Å². The average Bonchev–Trinajstić information content (AvgIpc) is 2.54. The van der Waals surface area contributed by atoms with E-state index >= 15 is 0 Å². The van der Waals surface area contributed by atoms with Gasteiger partial charge in [0.2, 0.25) is 0 Å². The molecule has 0 amide bonds. The lowest BCUT2D eigenvalue weighted by Crippen LogP contribution is -2.30. The van der Waals surface area contributed by atoms with Gasteiger partial charge in [-0.25, -0.2) is 4.98 Å². The van der Waals surface area contributed by atoms with Gasteiger partial charge < -0.3 is 5.73 Å². The van der Waals surface area contributed by atoms with E-state index < -0.39 is 0 Å². The van der Waals surface area contributed by atoms with Crippen LogP contribution in [0.25, 0.3) is 16.6 Å². The summed E-state index contributed by atoms with van der Waals surface area (Å²) in [6.45, 7) is 4.05. The molecule has 0 bridgehead atoms. The highest BCUT2D eigenvalue weighted by Crippen LogP contribution is 2.24. The smallest absolute Gasteiger partial charge is 0.267 e. The lowest BCUT2D eigenvalue weighted by atomic mass is 10.0. The lowest BCUT2D eigenvalue weighted by Gasteiger charge is -2.21. The predicted octanol–water partition coefficient (Wildman–Crippen LogP) is 3.80. The molecule has 3 aromatic rings. The molecule has 1 aromatic heterocycles. The fourth-order valence-corrected chi connectivity index (χ4v) is 3.08. The Balaban J connectivity index is 2.43. The first kappa shape index (κ1) is 15.9. The Morgan fingerprint density at radius 2 is 1.78 bits per heavy atom. The Labute approximate surface area is 143 Å². The highest BCUT2D eigenvalue weighted by atomic mass is 79.9. The summed E-state index contributed by atoms with van der Waals surface area (Å²) in [4.78, 5) is 17.8. The molecule has 1 heterocycles. The molecule has 2 aromatic carbocycles. The lowest BCUT2D eigenvalue weighted by molar-refractivity contribution is 0.480. The van der Waals surface area contributed by atoms with E-state index in [1.807, 2.05) is 62.4 Å². The van der Waals surface area contributed by atoms with Crippen molar-refractivity contribution in [3.05, 3.63) is 69.2 Å². The van der Waals surface area contributed by atoms with Crippen LogP contribution in [0.2, 0.25) is 0 Å². The van der Waals surface area contributed by atoms with Crippen LogP contribution < -0.4 is 11.3 Å². The van der Waals surface area contributed by atoms with Gasteiger partial charge in [-0.15, -0.1) is 0 Å². The van der Waals surface area contributed by atoms with E-state index in [2.05, 4.69) is 15.9 Å². The topological polar surface area (TPSA) is 60.9 Å². The SMILES string of the molecule is CC(C)[C@H](N)c1nc2cccc(Br)c2c(=O)n1-c1ccccc1. The molecule has 0 aliphatic rings. The summed E-state index contributed by atoms with van der Waals surface area (Å²) < 4.78 is 2.36. The molecule has 3 rings (SSSR count). The molecule has 1 atom stereocenters. The van der Waals surface area contributed by atoms with Crippen molar-refractivity contribution in [1.29, 1.82) is 0 Å². The molecule has 5 heteroatoms. The molecule has 0 aliphatic carbocycles. The first-order valence-electron chi connectivity index (χ1n) is 7.53. The number of para-hydroxylation sites is 1. The Bertz CT molecular complexity index is 903. The molecule has 0 fully saturated rings. The first-order chi connectivity index (χ1) is 11.0. The third-order valence-electron chi connectivity index (χ3n) is 3.90. The Kier molecular flexibility index (Phi) is 4.33. The minimum Gasteiger partial charge on any atom is -0.321 e. The van der Waals surface area contributed by atoms with Gasteiger partial charge in [0, 0.05) is 4.47 Å². The highest BCUT2D eigenvalue weighted by molar-refractivity contribution is 9.10. The average molecular weight is 372 g/mol. The maximum atomic E-state index is 13.1. The predicted molar refractivity (Wildman–Crippen MR) is 96.8 cm³/mol. The van der Waals surface area contributed by atoms with Crippen LogP contribution in [0.1, 0.15) is 25.7 Å². The number of hydrogen-bond donors (Lipinski definition) is 1. The largest absolute Gasteiger partial charge is 0.321 e. The number of hydrogen-bond acceptors (Lipinski definition) is 3. The summed E-state index contributed by atoms with van der Waals surface area (Å²) in [6, 6.07) is 14.7. The molecule has 0 saturated heterocycles. The van der Waals surface area contributed by atoms with Crippen molar-refractivity contribution >= 4 is 26.8 Å². The van der Waals surface area contributed by atoms with Gasteiger partial charge in [-0.2, -0.15) is 0 Å². The number of nitrogens with zero attached hydrogens (tertiary/aromatic N) is 2. The van der Waals surface area contributed by atoms with E-state index in [1.54, 1.807) is 4.57 Å². The molecule has 118 valence electrons. The van der Waals surface area contributed by atoms with Gasteiger partial charge in [0.1, 0.15) is 5.82 Å². The van der Waals surface area contributed by atoms with Crippen LogP contribution in [0, 0.1) is 5.92 Å². The number of fused-ring (bicyclic) bond motifs is 1. The number of nitrogens with two attached hydrogens (primary N) is 1. The van der Waals surface area contributed by atoms with Gasteiger partial charge in [-0.3, -0.25) is 9.36 Å². The normalized spacial score (nSPS) is 12.7. The van der Waals surface area contributed by atoms with E-state index in [4.69, 9.17) is 10.7 Å². The van der Waals surface area contributed by atoms with Crippen LogP contribution in [-0.2, 0) is 0 Å². The van der Waals surface area contributed by atoms with E-state index in [1.165, 1.54) is 0 Å². The summed E-state index contributed by atoms with van der Waals surface area (Å²) in [5.41, 5.74) is 7.66. The van der Waals surface area contributed by atoms with Crippen LogP contribution in [0.4, 0.5) is 0 Å². The second kappa shape index (κ2) is 6.26. The molecule has 0 saturated carbocycles. The summed E-state index contributed by atoms with van der Waals surface area (Å²) in [5.74, 6) is 0.753. The molecule has 2 N–H and O–H groups in total. The molecule has 0 unspecified atom stereocenters. The van der Waals surface area contributed by atoms with Gasteiger partial charge in [-0.05, 0) is 46.1 Å². The second-order valence-electron chi connectivity index (χ2n) is 5.85. The number of benzene rings is 2. The summed E-state index contributed by atoms with van der Waals surface area (Å²) in [5, 5.41) is 0.566. The van der Waals surface area contributed by atoms with Crippen molar-refractivity contribution < 1.29 is 0 Å². The third kappa shape index (κ3) is 2.82. The Hall–Kier alpha value is -1.98. The van der Waals surface area contributed by atoms with Gasteiger partial charge in [0.25, 0.3) is 5.56 Å². The van der Waals surface area contributed by atoms with Crippen LogP contribution in [0.15, 0.2) is 57.8 Å². The summed E-state index contributed by atoms with van der Waals surface area (Å²) >= 11 is 3.46. The molecule has 0 aliphatic heterocycles. The zero-order valence-corrected chi connectivity index (χ0v) is 14.6. The van der Waals surface area contributed by atoms with E-state index in [-0.39, 0.29) is 17.5 Å². The van der Waals surface area contributed by atoms with Crippen molar-refractivity contribution in [3.63, 3.8) is 0 Å². The van der Waals surface area contributed by atoms with Crippen molar-refractivity contribution in [1.82, 2.24) is 9.55 Å². The highest BCUT2D eigenvalue weighted by Gasteiger charge is 2.21. The van der Waals surface area contributed by atoms with Crippen molar-refractivity contribution in [2.75, 3.05) is 0 Å². The van der Waals surface area contributed by atoms with Gasteiger partial charge >= 0.3 is 0 Å². The Morgan fingerprint density at radius 1 is 1.09 bits per heavy atom. The van der Waals surface area contributed by atoms with Crippen molar-refractivity contribution in [2.24, 2.45) is 11.7 Å². The van der Waals surface area contributed by atoms with Gasteiger partial charge in [0.15, 0.2) is 0 Å². The third-order valence-corrected chi connectivity index (χ3v) is 4.56. The van der Waals surface area contributed by atoms with E-state index in [0.29, 0.717) is 16.7 Å². The first-order valence-corrected chi connectivity index (χ1v) is 8.32. The zero-order chi connectivity index (χ0) is 16.6. The fourth-order valence-electron chi connectivity index (χ4n) is 2.56. The van der Waals surface area contributed by atoms with Crippen molar-refractivity contribution in [3.8, 4) is 5.69 Å². The van der Waals surface area contributed by atoms with Crippen LogP contribution in [0.5, 0.6) is 0 Å². The quantitative estimate of drug-likeness (QED) is 0.761. The maximum Gasteiger partial charge on any atom is 0.267 e. The van der Waals surface area contributed by atoms with Crippen LogP contribution >= 0.6 is 15.9 Å². The van der Waals surface area contributed by atoms with Crippen molar-refractivity contribution in [2.45, 2.75) is 19.9 Å². The number of aromatic nitrogens is 2. The standard InChI is InChI=1S/C18H18BrN3O/c1-11(2)16(20)17-21-14-10-6-9-13(19)15(14)18(23)22(17)12-7-4-3-5-8-12/h3-11,16H,20H2,1-2H3/t16-/m0/s1. The molecular weight excluding hydrogens is 354 g/mol. The molecule has 0 radical (unpaired) electrons. The maximum absolute atomic E-state index is 13.1. The molecule has 0 spiro atoms. The summed E-state index contributed by atoms with van der Waals surface area (Å²) in [7, 11) is 0. The zero-order valence-electron chi connectivity index (χ0n) is 13.0. The summed E-state index contributed by atoms with van der Waals surface area (Å²) in [6.07, 6.45) is 0.